The van der Waals surface area contributed by atoms with Crippen molar-refractivity contribution in [2.45, 2.75) is 19.3 Å². The largest absolute Gasteiger partial charge is 0.0987 e. The summed E-state index contributed by atoms with van der Waals surface area (Å²) in [7, 11) is 0. The number of fused-ring (bicyclic) bond motifs is 3. The highest BCUT2D eigenvalue weighted by Crippen LogP contribution is 2.57. The van der Waals surface area contributed by atoms with Gasteiger partial charge in [-0.2, -0.15) is 0 Å². The smallest absolute Gasteiger partial charge is 0.0710 e. The summed E-state index contributed by atoms with van der Waals surface area (Å²) in [5.41, 5.74) is 10.9. The minimum atomic E-state index is -0.413. The maximum Gasteiger partial charge on any atom is 0.0710 e. The van der Waals surface area contributed by atoms with Crippen molar-refractivity contribution in [1.82, 2.24) is 0 Å². The zero-order valence-corrected chi connectivity index (χ0v) is 20.0. The van der Waals surface area contributed by atoms with Crippen molar-refractivity contribution in [3.63, 3.8) is 0 Å². The van der Waals surface area contributed by atoms with Gasteiger partial charge in [-0.15, -0.1) is 0 Å². The van der Waals surface area contributed by atoms with Crippen LogP contribution in [-0.2, 0) is 5.41 Å². The molecular weight excluding hydrogens is 452 g/mol. The van der Waals surface area contributed by atoms with E-state index in [-0.39, 0.29) is 0 Å². The van der Waals surface area contributed by atoms with E-state index in [1.807, 2.05) is 6.08 Å². The zero-order valence-electron chi connectivity index (χ0n) is 18.4. The number of halogens is 1. The fraction of sp³-hybridized carbons (Fsp3) is 0.0968. The first kappa shape index (κ1) is 20.7. The van der Waals surface area contributed by atoms with Gasteiger partial charge in [-0.05, 0) is 76.6 Å². The lowest BCUT2D eigenvalue weighted by Gasteiger charge is -2.35. The van der Waals surface area contributed by atoms with Crippen LogP contribution in [0.3, 0.4) is 0 Å². The lowest BCUT2D eigenvalue weighted by molar-refractivity contribution is 0.765. The number of hydrogen-bond acceptors (Lipinski definition) is 0. The SMILES string of the molecule is C=CC(=CC)C1(c2ccc(C)cc2)c2cc(Br)ccc2-c2ccc(-c3ccccc3)cc21. The summed E-state index contributed by atoms with van der Waals surface area (Å²) < 4.78 is 1.09. The van der Waals surface area contributed by atoms with Crippen molar-refractivity contribution in [3.8, 4) is 22.3 Å². The van der Waals surface area contributed by atoms with Gasteiger partial charge in [-0.25, -0.2) is 0 Å². The summed E-state index contributed by atoms with van der Waals surface area (Å²) in [5, 5.41) is 0. The summed E-state index contributed by atoms with van der Waals surface area (Å²) in [5.74, 6) is 0. The van der Waals surface area contributed by atoms with Gasteiger partial charge < -0.3 is 0 Å². The Bertz CT molecular complexity index is 1340. The van der Waals surface area contributed by atoms with Crippen LogP contribution in [0.25, 0.3) is 22.3 Å². The van der Waals surface area contributed by atoms with Gasteiger partial charge in [0, 0.05) is 4.47 Å². The predicted octanol–water partition coefficient (Wildman–Crippen LogP) is 8.87. The van der Waals surface area contributed by atoms with Gasteiger partial charge in [-0.3, -0.25) is 0 Å². The third-order valence-corrected chi connectivity index (χ3v) is 7.15. The molecule has 0 aromatic heterocycles. The molecule has 1 aliphatic carbocycles. The van der Waals surface area contributed by atoms with Crippen molar-refractivity contribution in [2.75, 3.05) is 0 Å². The van der Waals surface area contributed by atoms with Crippen LogP contribution in [0.5, 0.6) is 0 Å². The van der Waals surface area contributed by atoms with Crippen molar-refractivity contribution in [3.05, 3.63) is 142 Å². The second kappa shape index (κ2) is 8.07. The van der Waals surface area contributed by atoms with Crippen molar-refractivity contribution in [2.24, 2.45) is 0 Å². The van der Waals surface area contributed by atoms with Gasteiger partial charge in [0.15, 0.2) is 0 Å². The third-order valence-electron chi connectivity index (χ3n) is 6.66. The lowest BCUT2D eigenvalue weighted by atomic mass is 9.66. The van der Waals surface area contributed by atoms with Crippen LogP contribution in [0.4, 0.5) is 0 Å². The van der Waals surface area contributed by atoms with E-state index in [2.05, 4.69) is 133 Å². The highest BCUT2D eigenvalue weighted by atomic mass is 79.9. The van der Waals surface area contributed by atoms with E-state index < -0.39 is 5.41 Å². The van der Waals surface area contributed by atoms with E-state index >= 15 is 0 Å². The Morgan fingerprint density at radius 1 is 0.781 bits per heavy atom. The second-order valence-corrected chi connectivity index (χ2v) is 9.30. The molecule has 32 heavy (non-hydrogen) atoms. The van der Waals surface area contributed by atoms with Gasteiger partial charge in [0.05, 0.1) is 5.41 Å². The van der Waals surface area contributed by atoms with Gasteiger partial charge in [0.2, 0.25) is 0 Å². The van der Waals surface area contributed by atoms with Crippen LogP contribution in [-0.4, -0.2) is 0 Å². The molecule has 4 aromatic carbocycles. The van der Waals surface area contributed by atoms with Crippen molar-refractivity contribution < 1.29 is 0 Å². The molecule has 0 saturated heterocycles. The Morgan fingerprint density at radius 2 is 1.44 bits per heavy atom. The molecule has 0 radical (unpaired) electrons. The molecule has 0 saturated carbocycles. The molecule has 0 bridgehead atoms. The summed E-state index contributed by atoms with van der Waals surface area (Å²) in [6.45, 7) is 8.49. The normalized spacial score (nSPS) is 17.0. The first-order chi connectivity index (χ1) is 15.6. The molecule has 0 amide bonds. The minimum absolute atomic E-state index is 0.413. The summed E-state index contributed by atoms with van der Waals surface area (Å²) in [6.07, 6.45) is 4.23. The average Bonchev–Trinajstić information content (AvgIpc) is 3.11. The van der Waals surface area contributed by atoms with Crippen LogP contribution < -0.4 is 0 Å². The lowest BCUT2D eigenvalue weighted by Crippen LogP contribution is -2.29. The van der Waals surface area contributed by atoms with Crippen LogP contribution in [0.2, 0.25) is 0 Å². The molecule has 1 aliphatic rings. The fourth-order valence-electron chi connectivity index (χ4n) is 5.19. The summed E-state index contributed by atoms with van der Waals surface area (Å²) in [4.78, 5) is 0. The molecule has 0 spiro atoms. The van der Waals surface area contributed by atoms with Crippen LogP contribution in [0.15, 0.2) is 120 Å². The quantitative estimate of drug-likeness (QED) is 0.258. The van der Waals surface area contributed by atoms with E-state index in [0.717, 1.165) is 4.47 Å². The molecule has 156 valence electrons. The average molecular weight is 477 g/mol. The molecule has 0 N–H and O–H groups in total. The molecule has 1 unspecified atom stereocenters. The number of aryl methyl sites for hydroxylation is 1. The fourth-order valence-corrected chi connectivity index (χ4v) is 5.55. The Labute approximate surface area is 199 Å². The van der Waals surface area contributed by atoms with E-state index in [4.69, 9.17) is 0 Å². The monoisotopic (exact) mass is 476 g/mol. The van der Waals surface area contributed by atoms with Crippen LogP contribution in [0, 0.1) is 6.92 Å². The van der Waals surface area contributed by atoms with Crippen LogP contribution in [0.1, 0.15) is 29.2 Å². The van der Waals surface area contributed by atoms with Gasteiger partial charge >= 0.3 is 0 Å². The Kier molecular flexibility index (Phi) is 5.23. The maximum atomic E-state index is 4.23. The standard InChI is InChI=1S/C31H25Br/c1-4-24(5-2)31(25-14-11-21(3)12-15-25)29-19-23(22-9-7-6-8-10-22)13-17-27(29)28-18-16-26(32)20-30(28)31/h4-20H,1H2,2-3H3. The molecule has 0 fully saturated rings. The molecule has 0 nitrogen and oxygen atoms in total. The van der Waals surface area contributed by atoms with Crippen LogP contribution >= 0.6 is 15.9 Å². The zero-order chi connectivity index (χ0) is 22.3. The number of hydrogen-bond donors (Lipinski definition) is 0. The highest BCUT2D eigenvalue weighted by Gasteiger charge is 2.46. The number of allylic oxidation sites excluding steroid dienone is 3. The molecule has 1 atom stereocenters. The molecule has 5 rings (SSSR count). The second-order valence-electron chi connectivity index (χ2n) is 8.38. The summed E-state index contributed by atoms with van der Waals surface area (Å²) in [6, 6.07) is 33.2. The first-order valence-electron chi connectivity index (χ1n) is 11.0. The highest BCUT2D eigenvalue weighted by molar-refractivity contribution is 9.10. The third kappa shape index (κ3) is 3.04. The molecule has 4 aromatic rings. The van der Waals surface area contributed by atoms with E-state index in [0.29, 0.717) is 0 Å². The predicted molar refractivity (Wildman–Crippen MR) is 140 cm³/mol. The Balaban J connectivity index is 1.92. The van der Waals surface area contributed by atoms with E-state index in [1.54, 1.807) is 0 Å². The van der Waals surface area contributed by atoms with Crippen molar-refractivity contribution >= 4 is 15.9 Å². The molecule has 0 aliphatic heterocycles. The van der Waals surface area contributed by atoms with Crippen molar-refractivity contribution in [1.29, 1.82) is 0 Å². The Morgan fingerprint density at radius 3 is 2.09 bits per heavy atom. The van der Waals surface area contributed by atoms with Gasteiger partial charge in [0.25, 0.3) is 0 Å². The van der Waals surface area contributed by atoms with Gasteiger partial charge in [0.1, 0.15) is 0 Å². The topological polar surface area (TPSA) is 0 Å². The van der Waals surface area contributed by atoms with E-state index in [1.165, 1.54) is 50.1 Å². The maximum absolute atomic E-state index is 4.23. The van der Waals surface area contributed by atoms with E-state index in [9.17, 15) is 0 Å². The first-order valence-corrected chi connectivity index (χ1v) is 11.8. The molecule has 1 heteroatoms. The molecule has 0 heterocycles. The van der Waals surface area contributed by atoms with Gasteiger partial charge in [-0.1, -0.05) is 113 Å². The minimum Gasteiger partial charge on any atom is -0.0987 e. The number of rotatable bonds is 4. The molecular formula is C31H25Br. The Hall–Kier alpha value is -3.16. The number of benzene rings is 4. The summed E-state index contributed by atoms with van der Waals surface area (Å²) >= 11 is 3.74.